The van der Waals surface area contributed by atoms with Crippen LogP contribution >= 0.6 is 11.6 Å². The molecule has 2 aliphatic heterocycles. The molecule has 71 heavy (non-hydrogen) atoms. The molecule has 358 valence electrons. The van der Waals surface area contributed by atoms with Gasteiger partial charge in [-0.2, -0.15) is 10.4 Å². The lowest BCUT2D eigenvalue weighted by Gasteiger charge is -2.20. The summed E-state index contributed by atoms with van der Waals surface area (Å²) in [5.41, 5.74) is 11.7. The normalized spacial score (nSPS) is 13.0. The zero-order valence-corrected chi connectivity index (χ0v) is 39.7. The molecular formula is C56H50ClN7O7. The Morgan fingerprint density at radius 2 is 1.73 bits per heavy atom. The van der Waals surface area contributed by atoms with Crippen molar-refractivity contribution in [2.45, 2.75) is 52.1 Å². The fraction of sp³-hybridized carbons (Fsp3) is 0.232. The number of fused-ring (bicyclic) bond motifs is 3. The second kappa shape index (κ2) is 21.4. The lowest BCUT2D eigenvalue weighted by atomic mass is 9.96. The zero-order valence-electron chi connectivity index (χ0n) is 39.0. The second-order valence-electron chi connectivity index (χ2n) is 17.2. The molecule has 0 bridgehead atoms. The van der Waals surface area contributed by atoms with E-state index in [9.17, 15) is 15.2 Å². The number of benzene rings is 5. The summed E-state index contributed by atoms with van der Waals surface area (Å²) in [4.78, 5) is 22.7. The van der Waals surface area contributed by atoms with Crippen molar-refractivity contribution in [1.82, 2.24) is 30.4 Å². The van der Waals surface area contributed by atoms with Crippen LogP contribution in [0.2, 0.25) is 5.02 Å². The maximum absolute atomic E-state index is 13.4. The van der Waals surface area contributed by atoms with Crippen LogP contribution in [0.15, 0.2) is 128 Å². The first kappa shape index (κ1) is 46.8. The number of aromatic nitrogens is 4. The number of aliphatic hydroxyl groups is 1. The van der Waals surface area contributed by atoms with Crippen molar-refractivity contribution in [3.05, 3.63) is 166 Å². The third-order valence-corrected chi connectivity index (χ3v) is 13.0. The van der Waals surface area contributed by atoms with E-state index in [1.54, 1.807) is 42.7 Å². The van der Waals surface area contributed by atoms with Crippen LogP contribution in [0.25, 0.3) is 44.5 Å². The van der Waals surface area contributed by atoms with Gasteiger partial charge in [0.15, 0.2) is 11.5 Å². The van der Waals surface area contributed by atoms with Crippen LogP contribution in [0, 0.1) is 18.3 Å². The van der Waals surface area contributed by atoms with Crippen molar-refractivity contribution in [3.8, 4) is 68.5 Å². The van der Waals surface area contributed by atoms with E-state index in [-0.39, 0.29) is 32.9 Å². The predicted molar refractivity (Wildman–Crippen MR) is 270 cm³/mol. The molecular weight excluding hydrogens is 918 g/mol. The van der Waals surface area contributed by atoms with Crippen molar-refractivity contribution >= 4 is 28.4 Å². The molecule has 0 aliphatic carbocycles. The molecule has 5 aromatic carbocycles. The van der Waals surface area contributed by atoms with Gasteiger partial charge in [0.1, 0.15) is 62.0 Å². The summed E-state index contributed by atoms with van der Waals surface area (Å²) in [6.07, 6.45) is 5.57. The number of hydrogen-bond acceptors (Lipinski definition) is 12. The zero-order chi connectivity index (χ0) is 48.7. The maximum Gasteiger partial charge on any atom is 0.239 e. The molecule has 8 aromatic rings. The van der Waals surface area contributed by atoms with Crippen LogP contribution in [-0.4, -0.2) is 69.8 Å². The van der Waals surface area contributed by atoms with E-state index in [1.165, 1.54) is 5.69 Å². The number of aliphatic hydroxyl groups excluding tert-OH is 1. The Morgan fingerprint density at radius 1 is 0.859 bits per heavy atom. The average molecular weight is 969 g/mol. The number of halogens is 1. The molecule has 5 heterocycles. The van der Waals surface area contributed by atoms with Crippen molar-refractivity contribution in [2.75, 3.05) is 33.0 Å². The van der Waals surface area contributed by atoms with Gasteiger partial charge < -0.3 is 34.1 Å². The number of ether oxygens (including phenoxy) is 5. The largest absolute Gasteiger partial charge is 0.492 e. The monoisotopic (exact) mass is 967 g/mol. The first-order chi connectivity index (χ1) is 34.8. The second-order valence-corrected chi connectivity index (χ2v) is 17.6. The highest BCUT2D eigenvalue weighted by Crippen LogP contribution is 2.41. The Balaban J connectivity index is 0.789. The maximum atomic E-state index is 13.4. The minimum absolute atomic E-state index is 0.122. The van der Waals surface area contributed by atoms with E-state index in [0.717, 1.165) is 92.1 Å². The first-order valence-corrected chi connectivity index (χ1v) is 23.9. The van der Waals surface area contributed by atoms with Crippen LogP contribution in [0.4, 0.5) is 0 Å². The number of hydrogen-bond donors (Lipinski definition) is 3. The highest BCUT2D eigenvalue weighted by atomic mass is 35.5. The summed E-state index contributed by atoms with van der Waals surface area (Å²) in [6.45, 7) is 4.35. The van der Waals surface area contributed by atoms with E-state index in [2.05, 4.69) is 44.3 Å². The summed E-state index contributed by atoms with van der Waals surface area (Å²) < 4.78 is 32.5. The van der Waals surface area contributed by atoms with E-state index >= 15 is 0 Å². The fourth-order valence-electron chi connectivity index (χ4n) is 9.04. The summed E-state index contributed by atoms with van der Waals surface area (Å²) >= 11 is 6.90. The van der Waals surface area contributed by atoms with Gasteiger partial charge in [-0.05, 0) is 114 Å². The number of nitrogens with zero attached hydrogens (tertiary/aromatic N) is 5. The van der Waals surface area contributed by atoms with Crippen molar-refractivity contribution < 1.29 is 33.6 Å². The summed E-state index contributed by atoms with van der Waals surface area (Å²) in [6, 6.07) is 37.5. The molecule has 0 radical (unpaired) electrons. The van der Waals surface area contributed by atoms with Gasteiger partial charge in [0, 0.05) is 59.8 Å². The van der Waals surface area contributed by atoms with Crippen molar-refractivity contribution in [2.24, 2.45) is 0 Å². The Kier molecular flexibility index (Phi) is 14.1. The number of nitriles is 1. The molecule has 1 unspecified atom stereocenters. The Labute approximate surface area is 415 Å². The summed E-state index contributed by atoms with van der Waals surface area (Å²) in [5.74, 6) is 2.50. The quantitative estimate of drug-likeness (QED) is 0.0697. The highest BCUT2D eigenvalue weighted by molar-refractivity contribution is 6.32. The minimum Gasteiger partial charge on any atom is -0.492 e. The third-order valence-electron chi connectivity index (χ3n) is 12.7. The number of aryl methyl sites for hydroxylation is 1. The molecule has 2 aliphatic rings. The molecule has 0 saturated heterocycles. The Hall–Kier alpha value is -7.96. The first-order valence-electron chi connectivity index (χ1n) is 23.5. The highest BCUT2D eigenvalue weighted by Gasteiger charge is 2.26. The van der Waals surface area contributed by atoms with Crippen LogP contribution in [-0.2, 0) is 37.5 Å². The molecule has 1 amide bonds. The lowest BCUT2D eigenvalue weighted by molar-refractivity contribution is -0.124. The van der Waals surface area contributed by atoms with Crippen LogP contribution in [0.5, 0.6) is 28.7 Å². The lowest BCUT2D eigenvalue weighted by Crippen LogP contribution is -2.47. The van der Waals surface area contributed by atoms with E-state index in [1.807, 2.05) is 78.9 Å². The van der Waals surface area contributed by atoms with E-state index < -0.39 is 18.6 Å². The number of rotatable bonds is 18. The van der Waals surface area contributed by atoms with E-state index in [4.69, 9.17) is 40.4 Å². The van der Waals surface area contributed by atoms with E-state index in [0.29, 0.717) is 46.6 Å². The van der Waals surface area contributed by atoms with Gasteiger partial charge in [-0.25, -0.2) is 0 Å². The van der Waals surface area contributed by atoms with Gasteiger partial charge in [0.2, 0.25) is 5.91 Å². The molecule has 14 nitrogen and oxygen atoms in total. The number of pyridine rings is 2. The number of amides is 1. The average Bonchev–Trinajstić information content (AvgIpc) is 4.02. The fourth-order valence-corrected chi connectivity index (χ4v) is 9.28. The van der Waals surface area contributed by atoms with Crippen molar-refractivity contribution in [3.63, 3.8) is 0 Å². The predicted octanol–water partition coefficient (Wildman–Crippen LogP) is 9.18. The topological polar surface area (TPSA) is 175 Å². The number of nitrogens with one attached hydrogen (secondary N) is 2. The molecule has 15 heteroatoms. The number of carbonyl (C=O) groups excluding carboxylic acids is 1. The summed E-state index contributed by atoms with van der Waals surface area (Å²) in [5, 5.41) is 32.2. The van der Waals surface area contributed by atoms with Gasteiger partial charge in [-0.3, -0.25) is 24.8 Å². The Morgan fingerprint density at radius 3 is 2.59 bits per heavy atom. The molecule has 0 spiro atoms. The summed E-state index contributed by atoms with van der Waals surface area (Å²) in [7, 11) is 0. The standard InChI is InChI=1S/C56H50ClN7O7/c1-35-39(9-5-10-42(35)38-13-16-50-53(27-38)69-24-23-68-50)34-71-52-29-51(70-33-37-8-4-7-36(25-37)30-58)40(26-45(52)57)31-62-48(32-65)56(66)61-20-22-67-41-14-15-43-44(17-19-60-47(43)28-41)54-49-12-6-21-64(49)63-55(54)46-11-2-3-18-59-46/h2-5,7-11,13-19,25-29,48,62,65H,6,12,20-24,31-34H2,1H3,(H,61,66). The molecule has 0 fully saturated rings. The Bertz CT molecular complexity index is 3280. The molecule has 0 saturated carbocycles. The molecule has 1 atom stereocenters. The molecule has 10 rings (SSSR count). The van der Waals surface area contributed by atoms with Crippen LogP contribution < -0.4 is 34.3 Å². The SMILES string of the molecule is Cc1c(COc2cc(OCc3cccc(C#N)c3)c(CNC(CO)C(=O)NCCOc3ccc4c(-c5c(-c6ccccn6)nn6c5CCC6)ccnc4c3)cc2Cl)cccc1-c1ccc2c(c1)OCCO2. The van der Waals surface area contributed by atoms with Gasteiger partial charge >= 0.3 is 0 Å². The van der Waals surface area contributed by atoms with Gasteiger partial charge in [0.05, 0.1) is 41.0 Å². The van der Waals surface area contributed by atoms with Crippen LogP contribution in [0.3, 0.4) is 0 Å². The van der Waals surface area contributed by atoms with Gasteiger partial charge in [-0.1, -0.05) is 54.1 Å². The van der Waals surface area contributed by atoms with Crippen LogP contribution in [0.1, 0.15) is 39.9 Å². The van der Waals surface area contributed by atoms with Crippen molar-refractivity contribution in [1.29, 1.82) is 5.26 Å². The van der Waals surface area contributed by atoms with Gasteiger partial charge in [-0.15, -0.1) is 0 Å². The molecule has 3 aromatic heterocycles. The van der Waals surface area contributed by atoms with Gasteiger partial charge in [0.25, 0.3) is 0 Å². The smallest absolute Gasteiger partial charge is 0.239 e. The molecule has 3 N–H and O–H groups in total. The third kappa shape index (κ3) is 10.3. The minimum atomic E-state index is -0.959. The number of carbonyl (C=O) groups is 1.